The molecule has 11 heavy (non-hydrogen) atoms. The lowest BCUT2D eigenvalue weighted by molar-refractivity contribution is -0.116. The summed E-state index contributed by atoms with van der Waals surface area (Å²) in [6, 6.07) is 0. The van der Waals surface area contributed by atoms with E-state index in [-0.39, 0.29) is 5.41 Å². The highest BCUT2D eigenvalue weighted by atomic mass is 35.5. The van der Waals surface area contributed by atoms with Crippen molar-refractivity contribution in [3.8, 4) is 0 Å². The molecule has 1 rings (SSSR count). The number of aldehydes is 1. The normalized spacial score (nSPS) is 20.5. The Morgan fingerprint density at radius 3 is 2.55 bits per heavy atom. The first-order valence-corrected chi connectivity index (χ1v) is 4.54. The highest BCUT2D eigenvalue weighted by Gasteiger charge is 2.29. The fourth-order valence-corrected chi connectivity index (χ4v) is 1.63. The second kappa shape index (κ2) is 3.91. The van der Waals surface area contributed by atoms with Crippen LogP contribution in [-0.2, 0) is 4.79 Å². The van der Waals surface area contributed by atoms with Gasteiger partial charge in [-0.05, 0) is 25.7 Å². The lowest BCUT2D eigenvalue weighted by Gasteiger charge is -2.20. The molecule has 0 fully saturated rings. The summed E-state index contributed by atoms with van der Waals surface area (Å²) in [5, 5.41) is 0. The van der Waals surface area contributed by atoms with Crippen LogP contribution in [0.15, 0.2) is 12.2 Å². The number of rotatable bonds is 4. The van der Waals surface area contributed by atoms with Crippen LogP contribution in [0.1, 0.15) is 25.7 Å². The third-order valence-corrected chi connectivity index (χ3v) is 2.54. The average Bonchev–Trinajstić information content (AvgIpc) is 2.50. The van der Waals surface area contributed by atoms with Crippen LogP contribution >= 0.6 is 11.6 Å². The quantitative estimate of drug-likeness (QED) is 0.362. The van der Waals surface area contributed by atoms with Gasteiger partial charge in [0.05, 0.1) is 0 Å². The molecule has 1 nitrogen and oxygen atoms in total. The molecule has 0 unspecified atom stereocenters. The zero-order valence-corrected chi connectivity index (χ0v) is 7.31. The molecule has 0 amide bonds. The maximum Gasteiger partial charge on any atom is 0.126 e. The number of carbonyl (C=O) groups excluding carboxylic acids is 1. The van der Waals surface area contributed by atoms with Crippen molar-refractivity contribution in [1.82, 2.24) is 0 Å². The van der Waals surface area contributed by atoms with Crippen molar-refractivity contribution < 1.29 is 4.79 Å². The molecule has 0 bridgehead atoms. The molecule has 1 aliphatic carbocycles. The predicted molar refractivity (Wildman–Crippen MR) is 46.8 cm³/mol. The van der Waals surface area contributed by atoms with Gasteiger partial charge in [-0.15, -0.1) is 11.6 Å². The van der Waals surface area contributed by atoms with Crippen LogP contribution in [0.25, 0.3) is 0 Å². The molecule has 0 N–H and O–H groups in total. The number of allylic oxidation sites excluding steroid dienone is 2. The summed E-state index contributed by atoms with van der Waals surface area (Å²) >= 11 is 5.56. The largest absolute Gasteiger partial charge is 0.303 e. The summed E-state index contributed by atoms with van der Waals surface area (Å²) < 4.78 is 0. The molecular formula is C9H13ClO. The minimum atomic E-state index is -0.0884. The van der Waals surface area contributed by atoms with E-state index in [1.54, 1.807) is 0 Å². The van der Waals surface area contributed by atoms with E-state index >= 15 is 0 Å². The Morgan fingerprint density at radius 2 is 2.09 bits per heavy atom. The van der Waals surface area contributed by atoms with Crippen molar-refractivity contribution in [2.45, 2.75) is 25.7 Å². The van der Waals surface area contributed by atoms with E-state index in [4.69, 9.17) is 11.6 Å². The van der Waals surface area contributed by atoms with Gasteiger partial charge < -0.3 is 4.79 Å². The molecule has 0 spiro atoms. The lowest BCUT2D eigenvalue weighted by Crippen LogP contribution is -2.18. The van der Waals surface area contributed by atoms with Crippen molar-refractivity contribution in [3.63, 3.8) is 0 Å². The van der Waals surface area contributed by atoms with Gasteiger partial charge in [0.25, 0.3) is 0 Å². The summed E-state index contributed by atoms with van der Waals surface area (Å²) in [6.45, 7) is 0. The zero-order valence-electron chi connectivity index (χ0n) is 6.55. The highest BCUT2D eigenvalue weighted by Crippen LogP contribution is 2.35. The van der Waals surface area contributed by atoms with Crippen LogP contribution in [0.4, 0.5) is 0 Å². The fourth-order valence-electron chi connectivity index (χ4n) is 1.50. The van der Waals surface area contributed by atoms with Gasteiger partial charge in [0, 0.05) is 11.3 Å². The monoisotopic (exact) mass is 172 g/mol. The number of halogens is 1. The van der Waals surface area contributed by atoms with Crippen LogP contribution < -0.4 is 0 Å². The van der Waals surface area contributed by atoms with Crippen molar-refractivity contribution in [3.05, 3.63) is 12.2 Å². The second-order valence-corrected chi connectivity index (χ2v) is 3.53. The minimum Gasteiger partial charge on any atom is -0.303 e. The first-order chi connectivity index (χ1) is 5.33. The number of hydrogen-bond donors (Lipinski definition) is 0. The summed E-state index contributed by atoms with van der Waals surface area (Å²) in [5.74, 6) is 0.662. The predicted octanol–water partition coefficient (Wildman–Crippen LogP) is 2.54. The molecule has 0 aromatic rings. The van der Waals surface area contributed by atoms with E-state index in [0.717, 1.165) is 32.0 Å². The van der Waals surface area contributed by atoms with Gasteiger partial charge in [-0.2, -0.15) is 0 Å². The van der Waals surface area contributed by atoms with Crippen LogP contribution in [0.2, 0.25) is 0 Å². The average molecular weight is 173 g/mol. The minimum absolute atomic E-state index is 0.0884. The van der Waals surface area contributed by atoms with Gasteiger partial charge in [0.15, 0.2) is 0 Å². The van der Waals surface area contributed by atoms with E-state index < -0.39 is 0 Å². The Morgan fingerprint density at radius 1 is 1.45 bits per heavy atom. The Kier molecular flexibility index (Phi) is 3.13. The smallest absolute Gasteiger partial charge is 0.126 e. The van der Waals surface area contributed by atoms with Crippen molar-refractivity contribution in [1.29, 1.82) is 0 Å². The third kappa shape index (κ3) is 2.06. The maximum atomic E-state index is 10.8. The number of alkyl halides is 1. The standard InChI is InChI=1S/C9H13ClO/c10-7-3-6-9(8-11)4-1-2-5-9/h1-2,8H,3-7H2. The molecule has 1 aliphatic rings. The summed E-state index contributed by atoms with van der Waals surface area (Å²) in [5.41, 5.74) is -0.0884. The molecule has 62 valence electrons. The molecule has 0 aromatic carbocycles. The molecule has 2 heteroatoms. The molecule has 0 radical (unpaired) electrons. The van der Waals surface area contributed by atoms with E-state index in [2.05, 4.69) is 12.2 Å². The molecule has 0 saturated carbocycles. The Labute approximate surface area is 72.4 Å². The van der Waals surface area contributed by atoms with Crippen LogP contribution in [0.3, 0.4) is 0 Å². The molecular weight excluding hydrogens is 160 g/mol. The Hall–Kier alpha value is -0.300. The maximum absolute atomic E-state index is 10.8. The van der Waals surface area contributed by atoms with Crippen molar-refractivity contribution in [2.24, 2.45) is 5.41 Å². The van der Waals surface area contributed by atoms with Gasteiger partial charge >= 0.3 is 0 Å². The Balaban J connectivity index is 2.41. The van der Waals surface area contributed by atoms with Gasteiger partial charge in [-0.1, -0.05) is 12.2 Å². The zero-order chi connectivity index (χ0) is 8.16. The fraction of sp³-hybridized carbons (Fsp3) is 0.667. The van der Waals surface area contributed by atoms with Crippen LogP contribution in [-0.4, -0.2) is 12.2 Å². The Bertz CT molecular complexity index is 155. The van der Waals surface area contributed by atoms with Gasteiger partial charge in [-0.3, -0.25) is 0 Å². The second-order valence-electron chi connectivity index (χ2n) is 3.15. The summed E-state index contributed by atoms with van der Waals surface area (Å²) in [6.07, 6.45) is 8.97. The summed E-state index contributed by atoms with van der Waals surface area (Å²) in [4.78, 5) is 10.8. The van der Waals surface area contributed by atoms with E-state index in [1.807, 2.05) is 0 Å². The highest BCUT2D eigenvalue weighted by molar-refractivity contribution is 6.17. The number of hydrogen-bond acceptors (Lipinski definition) is 1. The number of carbonyl (C=O) groups is 1. The molecule has 0 saturated heterocycles. The van der Waals surface area contributed by atoms with Crippen molar-refractivity contribution >= 4 is 17.9 Å². The van der Waals surface area contributed by atoms with Crippen LogP contribution in [0, 0.1) is 5.41 Å². The molecule has 0 aliphatic heterocycles. The first-order valence-electron chi connectivity index (χ1n) is 4.00. The molecule has 0 atom stereocenters. The van der Waals surface area contributed by atoms with Crippen molar-refractivity contribution in [2.75, 3.05) is 5.88 Å². The van der Waals surface area contributed by atoms with E-state index in [0.29, 0.717) is 5.88 Å². The SMILES string of the molecule is O=CC1(CCCCl)CC=CC1. The molecule has 0 aromatic heterocycles. The van der Waals surface area contributed by atoms with E-state index in [9.17, 15) is 4.79 Å². The molecule has 0 heterocycles. The third-order valence-electron chi connectivity index (χ3n) is 2.27. The topological polar surface area (TPSA) is 17.1 Å². The summed E-state index contributed by atoms with van der Waals surface area (Å²) in [7, 11) is 0. The van der Waals surface area contributed by atoms with E-state index in [1.165, 1.54) is 0 Å². The van der Waals surface area contributed by atoms with Gasteiger partial charge in [0.2, 0.25) is 0 Å². The van der Waals surface area contributed by atoms with Gasteiger partial charge in [-0.25, -0.2) is 0 Å². The van der Waals surface area contributed by atoms with Crippen LogP contribution in [0.5, 0.6) is 0 Å². The first kappa shape index (κ1) is 8.79. The lowest BCUT2D eigenvalue weighted by atomic mass is 9.83. The van der Waals surface area contributed by atoms with Gasteiger partial charge in [0.1, 0.15) is 6.29 Å².